The fraction of sp³-hybridized carbons (Fsp3) is 0.308. The fourth-order valence-electron chi connectivity index (χ4n) is 2.00. The number of anilines is 1. The standard InChI is InChI=1S/C13H12FNO4/c14-9-6-5-8(13(18)19)7-10(9)15-11(16)3-1-2-4-12(15)17/h5-7H,1-4H2,(H,18,19). The Morgan fingerprint density at radius 3 is 2.26 bits per heavy atom. The van der Waals surface area contributed by atoms with Gasteiger partial charge in [-0.25, -0.2) is 14.1 Å². The Kier molecular flexibility index (Phi) is 3.59. The first-order valence-corrected chi connectivity index (χ1v) is 5.89. The Hall–Kier alpha value is -2.24. The first kappa shape index (κ1) is 13.2. The van der Waals surface area contributed by atoms with Crippen molar-refractivity contribution < 1.29 is 23.9 Å². The summed E-state index contributed by atoms with van der Waals surface area (Å²) in [6.45, 7) is 0. The first-order valence-electron chi connectivity index (χ1n) is 5.89. The van der Waals surface area contributed by atoms with E-state index in [9.17, 15) is 18.8 Å². The van der Waals surface area contributed by atoms with E-state index in [1.54, 1.807) is 0 Å². The number of rotatable bonds is 2. The van der Waals surface area contributed by atoms with Crippen LogP contribution in [0.3, 0.4) is 0 Å². The minimum atomic E-state index is -1.24. The molecule has 0 unspecified atom stereocenters. The van der Waals surface area contributed by atoms with Crippen LogP contribution in [0.15, 0.2) is 18.2 Å². The SMILES string of the molecule is O=C(O)c1ccc(F)c(N2C(=O)CCCCC2=O)c1. The van der Waals surface area contributed by atoms with Gasteiger partial charge in [-0.1, -0.05) is 0 Å². The number of carboxylic acids is 1. The monoisotopic (exact) mass is 265 g/mol. The Bertz CT molecular complexity index is 538. The van der Waals surface area contributed by atoms with Gasteiger partial charge in [0.1, 0.15) is 5.82 Å². The molecule has 0 bridgehead atoms. The summed E-state index contributed by atoms with van der Waals surface area (Å²) in [6.07, 6.45) is 1.45. The number of halogens is 1. The Balaban J connectivity index is 2.48. The predicted octanol–water partition coefficient (Wildman–Crippen LogP) is 1.96. The van der Waals surface area contributed by atoms with Crippen LogP contribution < -0.4 is 4.90 Å². The summed E-state index contributed by atoms with van der Waals surface area (Å²) < 4.78 is 13.8. The molecule has 2 amide bonds. The highest BCUT2D eigenvalue weighted by molar-refractivity contribution is 6.15. The van der Waals surface area contributed by atoms with E-state index in [-0.39, 0.29) is 24.1 Å². The second-order valence-electron chi connectivity index (χ2n) is 4.30. The molecule has 6 heteroatoms. The lowest BCUT2D eigenvalue weighted by Gasteiger charge is -2.19. The molecule has 0 aromatic heterocycles. The lowest BCUT2D eigenvalue weighted by Crippen LogP contribution is -2.35. The summed E-state index contributed by atoms with van der Waals surface area (Å²) in [7, 11) is 0. The van der Waals surface area contributed by atoms with Gasteiger partial charge in [-0.3, -0.25) is 9.59 Å². The van der Waals surface area contributed by atoms with E-state index >= 15 is 0 Å². The number of carbonyl (C=O) groups is 3. The van der Waals surface area contributed by atoms with Gasteiger partial charge in [0.05, 0.1) is 11.3 Å². The molecule has 0 radical (unpaired) electrons. The number of aromatic carboxylic acids is 1. The molecule has 2 rings (SSSR count). The van der Waals surface area contributed by atoms with Crippen LogP contribution in [0.1, 0.15) is 36.0 Å². The molecule has 0 spiro atoms. The topological polar surface area (TPSA) is 74.7 Å². The second-order valence-corrected chi connectivity index (χ2v) is 4.30. The van der Waals surface area contributed by atoms with Gasteiger partial charge in [0.15, 0.2) is 0 Å². The summed E-state index contributed by atoms with van der Waals surface area (Å²) >= 11 is 0. The number of nitrogens with zero attached hydrogens (tertiary/aromatic N) is 1. The number of hydrogen-bond acceptors (Lipinski definition) is 3. The van der Waals surface area contributed by atoms with Crippen LogP contribution in [0.5, 0.6) is 0 Å². The van der Waals surface area contributed by atoms with Crippen molar-refractivity contribution >= 4 is 23.5 Å². The summed E-state index contributed by atoms with van der Waals surface area (Å²) in [5.41, 5.74) is -0.446. The molecule has 1 N–H and O–H groups in total. The van der Waals surface area contributed by atoms with E-state index in [0.717, 1.165) is 23.1 Å². The van der Waals surface area contributed by atoms with E-state index in [4.69, 9.17) is 5.11 Å². The molecule has 0 atom stereocenters. The third-order valence-corrected chi connectivity index (χ3v) is 2.96. The molecule has 1 heterocycles. The zero-order valence-electron chi connectivity index (χ0n) is 10.1. The van der Waals surface area contributed by atoms with Gasteiger partial charge in [-0.15, -0.1) is 0 Å². The minimum absolute atomic E-state index is 0.155. The minimum Gasteiger partial charge on any atom is -0.478 e. The number of imide groups is 1. The molecule has 100 valence electrons. The van der Waals surface area contributed by atoms with E-state index < -0.39 is 23.6 Å². The largest absolute Gasteiger partial charge is 0.478 e. The molecule has 1 aromatic rings. The van der Waals surface area contributed by atoms with Crippen molar-refractivity contribution in [3.63, 3.8) is 0 Å². The van der Waals surface area contributed by atoms with Crippen molar-refractivity contribution in [3.05, 3.63) is 29.6 Å². The number of carboxylic acid groups (broad SMARTS) is 1. The molecule has 1 aliphatic rings. The first-order chi connectivity index (χ1) is 9.00. The Morgan fingerprint density at radius 2 is 1.74 bits per heavy atom. The van der Waals surface area contributed by atoms with Gasteiger partial charge in [-0.2, -0.15) is 0 Å². The Morgan fingerprint density at radius 1 is 1.16 bits per heavy atom. The molecular weight excluding hydrogens is 253 g/mol. The molecule has 5 nitrogen and oxygen atoms in total. The lowest BCUT2D eigenvalue weighted by atomic mass is 10.1. The number of carbonyl (C=O) groups excluding carboxylic acids is 2. The molecule has 19 heavy (non-hydrogen) atoms. The highest BCUT2D eigenvalue weighted by Gasteiger charge is 2.28. The number of hydrogen-bond donors (Lipinski definition) is 1. The van der Waals surface area contributed by atoms with Crippen LogP contribution in [0.2, 0.25) is 0 Å². The summed E-state index contributed by atoms with van der Waals surface area (Å²) in [4.78, 5) is 35.3. The zero-order chi connectivity index (χ0) is 14.0. The van der Waals surface area contributed by atoms with Gasteiger partial charge in [0.25, 0.3) is 0 Å². The van der Waals surface area contributed by atoms with Crippen LogP contribution in [-0.4, -0.2) is 22.9 Å². The zero-order valence-corrected chi connectivity index (χ0v) is 10.1. The van der Waals surface area contributed by atoms with Gasteiger partial charge >= 0.3 is 5.97 Å². The van der Waals surface area contributed by atoms with Gasteiger partial charge in [-0.05, 0) is 31.0 Å². The van der Waals surface area contributed by atoms with Gasteiger partial charge in [0.2, 0.25) is 11.8 Å². The average molecular weight is 265 g/mol. The van der Waals surface area contributed by atoms with Gasteiger partial charge < -0.3 is 5.11 Å². The predicted molar refractivity (Wildman–Crippen MR) is 64.3 cm³/mol. The molecular formula is C13H12FNO4. The van der Waals surface area contributed by atoms with Crippen LogP contribution in [0, 0.1) is 5.82 Å². The van der Waals surface area contributed by atoms with Crippen molar-refractivity contribution in [3.8, 4) is 0 Å². The highest BCUT2D eigenvalue weighted by Crippen LogP contribution is 2.25. The molecule has 1 aliphatic heterocycles. The molecule has 1 fully saturated rings. The third-order valence-electron chi connectivity index (χ3n) is 2.96. The maximum Gasteiger partial charge on any atom is 0.335 e. The lowest BCUT2D eigenvalue weighted by molar-refractivity contribution is -0.125. The fourth-order valence-corrected chi connectivity index (χ4v) is 2.00. The quantitative estimate of drug-likeness (QED) is 0.829. The molecule has 0 saturated carbocycles. The molecule has 1 aromatic carbocycles. The van der Waals surface area contributed by atoms with Crippen LogP contribution >= 0.6 is 0 Å². The summed E-state index contributed by atoms with van der Waals surface area (Å²) in [5.74, 6) is -3.02. The van der Waals surface area contributed by atoms with E-state index in [1.165, 1.54) is 0 Å². The van der Waals surface area contributed by atoms with E-state index in [2.05, 4.69) is 0 Å². The summed E-state index contributed by atoms with van der Waals surface area (Å²) in [5, 5.41) is 8.88. The van der Waals surface area contributed by atoms with Crippen molar-refractivity contribution in [1.29, 1.82) is 0 Å². The van der Waals surface area contributed by atoms with E-state index in [1.807, 2.05) is 0 Å². The maximum absolute atomic E-state index is 13.8. The number of amides is 2. The van der Waals surface area contributed by atoms with Gasteiger partial charge in [0, 0.05) is 12.8 Å². The molecule has 0 aliphatic carbocycles. The van der Waals surface area contributed by atoms with Crippen molar-refractivity contribution in [2.75, 3.05) is 4.90 Å². The average Bonchev–Trinajstić information content (AvgIpc) is 2.52. The van der Waals surface area contributed by atoms with Crippen LogP contribution in [0.25, 0.3) is 0 Å². The normalized spacial score (nSPS) is 16.4. The highest BCUT2D eigenvalue weighted by atomic mass is 19.1. The van der Waals surface area contributed by atoms with E-state index in [0.29, 0.717) is 12.8 Å². The van der Waals surface area contributed by atoms with Crippen molar-refractivity contribution in [1.82, 2.24) is 0 Å². The van der Waals surface area contributed by atoms with Crippen LogP contribution in [-0.2, 0) is 9.59 Å². The number of benzene rings is 1. The smallest absolute Gasteiger partial charge is 0.335 e. The van der Waals surface area contributed by atoms with Crippen molar-refractivity contribution in [2.24, 2.45) is 0 Å². The summed E-state index contributed by atoms with van der Waals surface area (Å²) in [6, 6.07) is 3.05. The van der Waals surface area contributed by atoms with Crippen molar-refractivity contribution in [2.45, 2.75) is 25.7 Å². The molecule has 1 saturated heterocycles. The Labute approximate surface area is 108 Å². The van der Waals surface area contributed by atoms with Crippen LogP contribution in [0.4, 0.5) is 10.1 Å². The third kappa shape index (κ3) is 2.62. The second kappa shape index (κ2) is 5.17. The maximum atomic E-state index is 13.8.